The van der Waals surface area contributed by atoms with E-state index in [1.165, 1.54) is 0 Å². The third-order valence-corrected chi connectivity index (χ3v) is 4.19. The lowest BCUT2D eigenvalue weighted by Gasteiger charge is -2.04. The van der Waals surface area contributed by atoms with Gasteiger partial charge in [-0.15, -0.1) is 5.10 Å². The molecular formula is C18H20N6O. The molecule has 3 heterocycles. The van der Waals surface area contributed by atoms with E-state index in [1.54, 1.807) is 9.08 Å². The molecule has 3 aromatic heterocycles. The predicted octanol–water partition coefficient (Wildman–Crippen LogP) is 2.80. The van der Waals surface area contributed by atoms with Gasteiger partial charge in [-0.1, -0.05) is 44.2 Å². The Morgan fingerprint density at radius 1 is 1.08 bits per heavy atom. The molecular weight excluding hydrogens is 316 g/mol. The minimum atomic E-state index is -0.102. The molecule has 0 saturated heterocycles. The number of imidazole rings is 1. The minimum Gasteiger partial charge on any atom is -0.332 e. The van der Waals surface area contributed by atoms with Crippen LogP contribution in [-0.2, 0) is 13.0 Å². The summed E-state index contributed by atoms with van der Waals surface area (Å²) in [5, 5.41) is 4.58. The van der Waals surface area contributed by atoms with E-state index >= 15 is 0 Å². The molecule has 0 fully saturated rings. The van der Waals surface area contributed by atoms with E-state index < -0.39 is 0 Å². The van der Waals surface area contributed by atoms with Gasteiger partial charge in [0.25, 0.3) is 5.56 Å². The highest BCUT2D eigenvalue weighted by Gasteiger charge is 2.18. The van der Waals surface area contributed by atoms with Gasteiger partial charge < -0.3 is 4.98 Å². The lowest BCUT2D eigenvalue weighted by atomic mass is 10.2. The molecule has 128 valence electrons. The highest BCUT2D eigenvalue weighted by molar-refractivity contribution is 5.77. The van der Waals surface area contributed by atoms with Crippen molar-refractivity contribution in [1.29, 1.82) is 0 Å². The summed E-state index contributed by atoms with van der Waals surface area (Å²) in [6, 6.07) is 9.77. The molecule has 7 nitrogen and oxygen atoms in total. The van der Waals surface area contributed by atoms with Crippen molar-refractivity contribution in [3.05, 3.63) is 46.5 Å². The molecule has 0 unspecified atom stereocenters. The van der Waals surface area contributed by atoms with Crippen molar-refractivity contribution >= 4 is 16.9 Å². The SMILES string of the molecule is CCCc1nc2n(CCC)c(=O)c3[nH]c(-c4ccccc4)nc3n2n1. The quantitative estimate of drug-likeness (QED) is 0.607. The Balaban J connectivity index is 2.04. The van der Waals surface area contributed by atoms with Gasteiger partial charge in [0, 0.05) is 18.5 Å². The number of fused-ring (bicyclic) bond motifs is 3. The summed E-state index contributed by atoms with van der Waals surface area (Å²) < 4.78 is 3.38. The van der Waals surface area contributed by atoms with Crippen LogP contribution in [0.4, 0.5) is 0 Å². The van der Waals surface area contributed by atoms with Gasteiger partial charge in [-0.3, -0.25) is 9.36 Å². The molecule has 0 aliphatic heterocycles. The maximum atomic E-state index is 13.0. The lowest BCUT2D eigenvalue weighted by Crippen LogP contribution is -2.23. The topological polar surface area (TPSA) is 80.9 Å². The number of nitrogens with one attached hydrogen (secondary N) is 1. The summed E-state index contributed by atoms with van der Waals surface area (Å²) in [5.41, 5.74) is 1.82. The van der Waals surface area contributed by atoms with Crippen LogP contribution in [-0.4, -0.2) is 29.1 Å². The van der Waals surface area contributed by atoms with Crippen LogP contribution in [0.3, 0.4) is 0 Å². The Morgan fingerprint density at radius 2 is 1.88 bits per heavy atom. The maximum Gasteiger partial charge on any atom is 0.281 e. The smallest absolute Gasteiger partial charge is 0.281 e. The Hall–Kier alpha value is -2.96. The van der Waals surface area contributed by atoms with Crippen molar-refractivity contribution in [3.63, 3.8) is 0 Å². The van der Waals surface area contributed by atoms with Gasteiger partial charge >= 0.3 is 0 Å². The Morgan fingerprint density at radius 3 is 2.60 bits per heavy atom. The molecule has 0 saturated carbocycles. The van der Waals surface area contributed by atoms with Crippen LogP contribution in [0, 0.1) is 0 Å². The highest BCUT2D eigenvalue weighted by Crippen LogP contribution is 2.19. The van der Waals surface area contributed by atoms with Crippen LogP contribution in [0.25, 0.3) is 28.3 Å². The first kappa shape index (κ1) is 15.6. The van der Waals surface area contributed by atoms with Gasteiger partial charge in [0.15, 0.2) is 17.0 Å². The average molecular weight is 336 g/mol. The monoisotopic (exact) mass is 336 g/mol. The molecule has 0 atom stereocenters. The van der Waals surface area contributed by atoms with E-state index in [9.17, 15) is 4.79 Å². The number of nitrogens with zero attached hydrogens (tertiary/aromatic N) is 5. The van der Waals surface area contributed by atoms with Crippen LogP contribution in [0.15, 0.2) is 35.1 Å². The molecule has 0 aliphatic rings. The zero-order chi connectivity index (χ0) is 17.4. The highest BCUT2D eigenvalue weighted by atomic mass is 16.1. The summed E-state index contributed by atoms with van der Waals surface area (Å²) >= 11 is 0. The van der Waals surface area contributed by atoms with Crippen LogP contribution in [0.5, 0.6) is 0 Å². The molecule has 1 aromatic carbocycles. The number of aryl methyl sites for hydroxylation is 2. The number of hydrogen-bond acceptors (Lipinski definition) is 4. The van der Waals surface area contributed by atoms with Gasteiger partial charge in [-0.05, 0) is 12.8 Å². The summed E-state index contributed by atoms with van der Waals surface area (Å²) in [6.45, 7) is 4.73. The first-order valence-electron chi connectivity index (χ1n) is 8.66. The van der Waals surface area contributed by atoms with E-state index in [0.717, 1.165) is 30.7 Å². The van der Waals surface area contributed by atoms with Gasteiger partial charge in [0.05, 0.1) is 0 Å². The van der Waals surface area contributed by atoms with Gasteiger partial charge in [0.1, 0.15) is 5.82 Å². The second-order valence-electron chi connectivity index (χ2n) is 6.10. The zero-order valence-electron chi connectivity index (χ0n) is 14.4. The Kier molecular flexibility index (Phi) is 3.83. The van der Waals surface area contributed by atoms with Gasteiger partial charge in [-0.2, -0.15) is 9.50 Å². The molecule has 1 N–H and O–H groups in total. The van der Waals surface area contributed by atoms with Crippen molar-refractivity contribution in [1.82, 2.24) is 29.1 Å². The fraction of sp³-hybridized carbons (Fsp3) is 0.333. The van der Waals surface area contributed by atoms with Gasteiger partial charge in [-0.25, -0.2) is 4.98 Å². The molecule has 7 heteroatoms. The summed E-state index contributed by atoms with van der Waals surface area (Å²) in [6.07, 6.45) is 2.57. The van der Waals surface area contributed by atoms with E-state index in [4.69, 9.17) is 0 Å². The Labute approximate surface area is 144 Å². The number of H-pyrrole nitrogens is 1. The van der Waals surface area contributed by atoms with Crippen LogP contribution in [0.2, 0.25) is 0 Å². The first-order chi connectivity index (χ1) is 12.2. The van der Waals surface area contributed by atoms with Crippen LogP contribution in [0.1, 0.15) is 32.5 Å². The van der Waals surface area contributed by atoms with E-state index in [1.807, 2.05) is 37.3 Å². The van der Waals surface area contributed by atoms with E-state index in [2.05, 4.69) is 27.0 Å². The van der Waals surface area contributed by atoms with Crippen molar-refractivity contribution in [2.45, 2.75) is 39.7 Å². The fourth-order valence-electron chi connectivity index (χ4n) is 3.04. The maximum absolute atomic E-state index is 13.0. The molecule has 4 rings (SSSR count). The first-order valence-corrected chi connectivity index (χ1v) is 8.66. The standard InChI is InChI=1S/C18H20N6O/c1-3-8-13-19-18-23(11-4-2)17(25)14-16(24(18)22-13)21-15(20-14)12-9-6-5-7-10-12/h5-7,9-10H,3-4,8,11H2,1-2H3,(H,20,21). The molecule has 25 heavy (non-hydrogen) atoms. The van der Waals surface area contributed by atoms with Crippen molar-refractivity contribution < 1.29 is 0 Å². The molecule has 0 radical (unpaired) electrons. The summed E-state index contributed by atoms with van der Waals surface area (Å²) in [7, 11) is 0. The third kappa shape index (κ3) is 2.52. The molecule has 0 amide bonds. The second-order valence-corrected chi connectivity index (χ2v) is 6.10. The second kappa shape index (κ2) is 6.16. The van der Waals surface area contributed by atoms with Crippen molar-refractivity contribution in [3.8, 4) is 11.4 Å². The predicted molar refractivity (Wildman–Crippen MR) is 96.6 cm³/mol. The average Bonchev–Trinajstić information content (AvgIpc) is 3.24. The third-order valence-electron chi connectivity index (χ3n) is 4.19. The largest absolute Gasteiger partial charge is 0.332 e. The van der Waals surface area contributed by atoms with Crippen molar-refractivity contribution in [2.75, 3.05) is 0 Å². The Bertz CT molecular complexity index is 1090. The zero-order valence-corrected chi connectivity index (χ0v) is 14.4. The van der Waals surface area contributed by atoms with E-state index in [0.29, 0.717) is 29.3 Å². The summed E-state index contributed by atoms with van der Waals surface area (Å²) in [5.74, 6) is 1.97. The molecule has 0 spiro atoms. The number of aromatic amines is 1. The minimum absolute atomic E-state index is 0.102. The number of rotatable bonds is 5. The van der Waals surface area contributed by atoms with Crippen LogP contribution < -0.4 is 5.56 Å². The number of hydrogen-bond donors (Lipinski definition) is 1. The number of aromatic nitrogens is 6. The van der Waals surface area contributed by atoms with Gasteiger partial charge in [0.2, 0.25) is 5.78 Å². The molecule has 0 aliphatic carbocycles. The fourth-order valence-corrected chi connectivity index (χ4v) is 3.04. The van der Waals surface area contributed by atoms with Crippen molar-refractivity contribution in [2.24, 2.45) is 0 Å². The summed E-state index contributed by atoms with van der Waals surface area (Å²) in [4.78, 5) is 25.3. The lowest BCUT2D eigenvalue weighted by molar-refractivity contribution is 0.659. The number of benzene rings is 1. The van der Waals surface area contributed by atoms with Crippen LogP contribution >= 0.6 is 0 Å². The molecule has 4 aromatic rings. The normalized spacial score (nSPS) is 11.6. The molecule has 0 bridgehead atoms. The van der Waals surface area contributed by atoms with E-state index in [-0.39, 0.29) is 5.56 Å².